The second kappa shape index (κ2) is 12.6. The van der Waals surface area contributed by atoms with Crippen LogP contribution in [0.5, 0.6) is 5.75 Å². The number of ether oxygens (including phenoxy) is 3. The van der Waals surface area contributed by atoms with Gasteiger partial charge in [0.2, 0.25) is 16.0 Å². The quantitative estimate of drug-likeness (QED) is 0.262. The molecule has 0 bridgehead atoms. The smallest absolute Gasteiger partial charge is 0.381 e. The van der Waals surface area contributed by atoms with Gasteiger partial charge >= 0.3 is 5.63 Å². The summed E-state index contributed by atoms with van der Waals surface area (Å²) in [7, 11) is 3.03. The number of carbonyl (C=O) groups excluding carboxylic acids is 1. The largest absolute Gasteiger partial charge is 0.483 e. The zero-order chi connectivity index (χ0) is 24.4. The van der Waals surface area contributed by atoms with E-state index in [1.807, 2.05) is 0 Å². The summed E-state index contributed by atoms with van der Waals surface area (Å²) in [6.45, 7) is 8.94. The highest BCUT2D eigenvalue weighted by atomic mass is 32.1. The molecule has 1 amide bonds. The van der Waals surface area contributed by atoms with Crippen molar-refractivity contribution in [3.8, 4) is 5.75 Å². The molecule has 0 aliphatic carbocycles. The molecular weight excluding hydrogens is 456 g/mol. The van der Waals surface area contributed by atoms with Crippen molar-refractivity contribution in [1.82, 2.24) is 10.2 Å². The third kappa shape index (κ3) is 7.08. The number of amides is 1. The number of allylic oxidation sites excluding steroid dienone is 1. The van der Waals surface area contributed by atoms with Gasteiger partial charge in [-0.1, -0.05) is 17.9 Å². The Bertz CT molecular complexity index is 1020. The zero-order valence-corrected chi connectivity index (χ0v) is 19.3. The predicted octanol–water partition coefficient (Wildman–Crippen LogP) is 1.14. The first kappa shape index (κ1) is 25.9. The average molecular weight is 483 g/mol. The summed E-state index contributed by atoms with van der Waals surface area (Å²) in [5, 5.41) is 28.0. The van der Waals surface area contributed by atoms with E-state index in [2.05, 4.69) is 39.2 Å². The number of rotatable bonds is 14. The molecule has 14 heteroatoms. The molecule has 3 N–H and O–H groups in total. The molecule has 0 spiro atoms. The van der Waals surface area contributed by atoms with Gasteiger partial charge in [0.05, 0.1) is 31.5 Å². The maximum atomic E-state index is 12.7. The fourth-order valence-corrected chi connectivity index (χ4v) is 3.37. The number of hydrazone groups is 1. The third-order valence-corrected chi connectivity index (χ3v) is 4.70. The van der Waals surface area contributed by atoms with Gasteiger partial charge in [-0.15, -0.1) is 10.2 Å². The predicted molar refractivity (Wildman–Crippen MR) is 123 cm³/mol. The Hall–Kier alpha value is -3.33. The Morgan fingerprint density at radius 3 is 2.64 bits per heavy atom. The van der Waals surface area contributed by atoms with Crippen LogP contribution in [0.1, 0.15) is 17.5 Å². The Labute approximate surface area is 193 Å². The SMILES string of the molecule is C=NN(C(=C)C)c1nnc(NC(=O)c2cc(NC(COC)COC)c(OCCO)c(=O)o2)s1. The minimum atomic E-state index is -0.908. The Morgan fingerprint density at radius 1 is 1.36 bits per heavy atom. The first-order valence-electron chi connectivity index (χ1n) is 9.57. The molecule has 33 heavy (non-hydrogen) atoms. The second-order valence-corrected chi connectivity index (χ2v) is 7.45. The molecule has 13 nitrogen and oxygen atoms in total. The van der Waals surface area contributed by atoms with Crippen LogP contribution >= 0.6 is 11.3 Å². The normalized spacial score (nSPS) is 10.7. The molecule has 180 valence electrons. The number of hydrogen-bond donors (Lipinski definition) is 3. The molecule has 2 aromatic rings. The summed E-state index contributed by atoms with van der Waals surface area (Å²) in [5.74, 6) is -1.23. The van der Waals surface area contributed by atoms with Crippen molar-refractivity contribution in [3.05, 3.63) is 34.5 Å². The van der Waals surface area contributed by atoms with Gasteiger partial charge in [-0.25, -0.2) is 9.80 Å². The number of anilines is 3. The maximum absolute atomic E-state index is 12.7. The number of aliphatic hydroxyl groups excluding tert-OH is 1. The van der Waals surface area contributed by atoms with E-state index in [1.165, 1.54) is 25.3 Å². The monoisotopic (exact) mass is 482 g/mol. The molecule has 0 aliphatic heterocycles. The first-order chi connectivity index (χ1) is 15.8. The summed E-state index contributed by atoms with van der Waals surface area (Å²) >= 11 is 1.02. The Morgan fingerprint density at radius 2 is 2.06 bits per heavy atom. The van der Waals surface area contributed by atoms with E-state index in [0.717, 1.165) is 11.3 Å². The highest BCUT2D eigenvalue weighted by Gasteiger charge is 2.22. The van der Waals surface area contributed by atoms with Crippen LogP contribution in [0.3, 0.4) is 0 Å². The summed E-state index contributed by atoms with van der Waals surface area (Å²) < 4.78 is 20.7. The molecular formula is C19H26N6O7S. The van der Waals surface area contributed by atoms with Crippen LogP contribution < -0.4 is 26.0 Å². The number of carbonyl (C=O) groups is 1. The lowest BCUT2D eigenvalue weighted by Gasteiger charge is -2.20. The molecule has 0 aliphatic rings. The summed E-state index contributed by atoms with van der Waals surface area (Å²) in [6.07, 6.45) is 0. The minimum absolute atomic E-state index is 0.138. The van der Waals surface area contributed by atoms with E-state index >= 15 is 0 Å². The van der Waals surface area contributed by atoms with Crippen molar-refractivity contribution < 1.29 is 28.5 Å². The highest BCUT2D eigenvalue weighted by Crippen LogP contribution is 2.28. The summed E-state index contributed by atoms with van der Waals surface area (Å²) in [6, 6.07) is 0.939. The van der Waals surface area contributed by atoms with E-state index in [1.54, 1.807) is 6.92 Å². The summed E-state index contributed by atoms with van der Waals surface area (Å²) in [5.41, 5.74) is -0.179. The van der Waals surface area contributed by atoms with Crippen LogP contribution in [-0.2, 0) is 9.47 Å². The van der Waals surface area contributed by atoms with Gasteiger partial charge in [-0.3, -0.25) is 10.1 Å². The molecule has 0 saturated carbocycles. The molecule has 2 heterocycles. The van der Waals surface area contributed by atoms with E-state index in [-0.39, 0.29) is 54.8 Å². The molecule has 0 aromatic carbocycles. The molecule has 0 radical (unpaired) electrons. The molecule has 2 rings (SSSR count). The molecule has 0 saturated heterocycles. The highest BCUT2D eigenvalue weighted by molar-refractivity contribution is 7.19. The number of nitrogens with one attached hydrogen (secondary N) is 2. The van der Waals surface area contributed by atoms with Gasteiger partial charge in [0.1, 0.15) is 6.61 Å². The van der Waals surface area contributed by atoms with E-state index in [0.29, 0.717) is 10.8 Å². The Kier molecular flexibility index (Phi) is 9.93. The molecule has 2 aromatic heterocycles. The van der Waals surface area contributed by atoms with E-state index in [9.17, 15) is 9.59 Å². The van der Waals surface area contributed by atoms with Crippen molar-refractivity contribution in [2.24, 2.45) is 5.10 Å². The average Bonchev–Trinajstić information content (AvgIpc) is 3.21. The van der Waals surface area contributed by atoms with Crippen LogP contribution in [0.15, 0.2) is 32.7 Å². The maximum Gasteiger partial charge on any atom is 0.381 e. The minimum Gasteiger partial charge on any atom is -0.483 e. The van der Waals surface area contributed by atoms with Crippen LogP contribution in [-0.4, -0.2) is 74.6 Å². The fourth-order valence-electron chi connectivity index (χ4n) is 2.59. The molecule has 0 fully saturated rings. The second-order valence-electron chi connectivity index (χ2n) is 6.50. The van der Waals surface area contributed by atoms with Gasteiger partial charge in [0, 0.05) is 32.7 Å². The standard InChI is InChI=1S/C19H26N6O7S/c1-11(2)25(20-3)19-24-23-18(33-19)22-16(27)14-8-13(21-12(9-29-4)10-30-5)15(17(28)32-14)31-7-6-26/h8,12,21,26H,1,3,6-7,9-10H2,2,4-5H3,(H,22,23,27). The topological polar surface area (TPSA) is 161 Å². The number of aliphatic hydroxyl groups is 1. The Balaban J connectivity index is 2.32. The van der Waals surface area contributed by atoms with Crippen LogP contribution in [0.25, 0.3) is 0 Å². The lowest BCUT2D eigenvalue weighted by atomic mass is 10.2. The van der Waals surface area contributed by atoms with Crippen molar-refractivity contribution >= 4 is 39.9 Å². The van der Waals surface area contributed by atoms with Crippen LogP contribution in [0.4, 0.5) is 16.0 Å². The molecule has 0 atom stereocenters. The van der Waals surface area contributed by atoms with Crippen molar-refractivity contribution in [2.45, 2.75) is 13.0 Å². The number of aromatic nitrogens is 2. The number of nitrogens with zero attached hydrogens (tertiary/aromatic N) is 4. The van der Waals surface area contributed by atoms with Crippen LogP contribution in [0.2, 0.25) is 0 Å². The van der Waals surface area contributed by atoms with Gasteiger partial charge < -0.3 is 29.1 Å². The van der Waals surface area contributed by atoms with E-state index in [4.69, 9.17) is 23.7 Å². The van der Waals surface area contributed by atoms with Gasteiger partial charge in [0.15, 0.2) is 5.76 Å². The zero-order valence-electron chi connectivity index (χ0n) is 18.5. The first-order valence-corrected chi connectivity index (χ1v) is 10.4. The van der Waals surface area contributed by atoms with Crippen LogP contribution in [0, 0.1) is 0 Å². The summed E-state index contributed by atoms with van der Waals surface area (Å²) in [4.78, 5) is 25.2. The van der Waals surface area contributed by atoms with Gasteiger partial charge in [0.25, 0.3) is 5.91 Å². The van der Waals surface area contributed by atoms with E-state index < -0.39 is 11.5 Å². The number of hydrogen-bond acceptors (Lipinski definition) is 13. The van der Waals surface area contributed by atoms with Gasteiger partial charge in [-0.05, 0) is 6.92 Å². The van der Waals surface area contributed by atoms with Crippen molar-refractivity contribution in [3.63, 3.8) is 0 Å². The van der Waals surface area contributed by atoms with Crippen molar-refractivity contribution in [1.29, 1.82) is 0 Å². The molecule has 0 unspecified atom stereocenters. The number of methoxy groups -OCH3 is 2. The lowest BCUT2D eigenvalue weighted by Crippen LogP contribution is -2.31. The van der Waals surface area contributed by atoms with Crippen molar-refractivity contribution in [2.75, 3.05) is 56.3 Å². The van der Waals surface area contributed by atoms with Gasteiger partial charge in [-0.2, -0.15) is 5.10 Å². The third-order valence-electron chi connectivity index (χ3n) is 3.88. The lowest BCUT2D eigenvalue weighted by molar-refractivity contribution is 0.0990. The fraction of sp³-hybridized carbons (Fsp3) is 0.421.